The number of hydrogen-bond acceptors (Lipinski definition) is 8. The summed E-state index contributed by atoms with van der Waals surface area (Å²) in [4.78, 5) is 30.2. The molecule has 2 aliphatic heterocycles. The first kappa shape index (κ1) is 32.1. The Morgan fingerprint density at radius 3 is 2.53 bits per heavy atom. The van der Waals surface area contributed by atoms with Crippen LogP contribution in [0.15, 0.2) is 43.0 Å². The average Bonchev–Trinajstić information content (AvgIpc) is 3.47. The molecule has 6 rings (SSSR count). The lowest BCUT2D eigenvalue weighted by Gasteiger charge is -2.58. The second kappa shape index (κ2) is 14.1. The second-order valence-corrected chi connectivity index (χ2v) is 11.0. The van der Waals surface area contributed by atoms with Gasteiger partial charge in [0.1, 0.15) is 29.7 Å². The maximum absolute atomic E-state index is 14.2. The lowest BCUT2D eigenvalue weighted by molar-refractivity contribution is -0.0348. The number of amides is 1. The van der Waals surface area contributed by atoms with Crippen LogP contribution in [0.5, 0.6) is 17.2 Å². The van der Waals surface area contributed by atoms with Gasteiger partial charge in [0.2, 0.25) is 0 Å². The third-order valence-electron chi connectivity index (χ3n) is 7.94. The van der Waals surface area contributed by atoms with Gasteiger partial charge in [-0.15, -0.1) is 0 Å². The maximum Gasteiger partial charge on any atom is 0.257 e. The highest BCUT2D eigenvalue weighted by atomic mass is 19.1. The van der Waals surface area contributed by atoms with Crippen molar-refractivity contribution in [2.75, 3.05) is 24.5 Å². The Morgan fingerprint density at radius 2 is 1.84 bits per heavy atom. The summed E-state index contributed by atoms with van der Waals surface area (Å²) in [5.41, 5.74) is 2.62. The molecule has 2 aromatic heterocycles. The van der Waals surface area contributed by atoms with E-state index in [0.717, 1.165) is 50.5 Å². The summed E-state index contributed by atoms with van der Waals surface area (Å²) in [5.74, 6) is 1.55. The number of aromatic nitrogens is 3. The summed E-state index contributed by atoms with van der Waals surface area (Å²) in [6, 6.07) is 5.95. The van der Waals surface area contributed by atoms with Gasteiger partial charge in [0.25, 0.3) is 5.91 Å². The first-order valence-electron chi connectivity index (χ1n) is 15.5. The second-order valence-electron chi connectivity index (χ2n) is 11.0. The molecule has 0 unspecified atom stereocenters. The van der Waals surface area contributed by atoms with Crippen molar-refractivity contribution in [3.8, 4) is 17.2 Å². The molecule has 0 radical (unpaired) electrons. The number of benzene rings is 1. The molecule has 1 aliphatic carbocycles. The first-order chi connectivity index (χ1) is 20.9. The van der Waals surface area contributed by atoms with Crippen molar-refractivity contribution < 1.29 is 18.7 Å². The van der Waals surface area contributed by atoms with Crippen LogP contribution in [0.2, 0.25) is 0 Å². The van der Waals surface area contributed by atoms with Crippen molar-refractivity contribution in [2.45, 2.75) is 86.5 Å². The largest absolute Gasteiger partial charge is 0.490 e. The quantitative estimate of drug-likeness (QED) is 0.322. The van der Waals surface area contributed by atoms with Crippen LogP contribution in [0.4, 0.5) is 10.2 Å². The first-order valence-corrected chi connectivity index (χ1v) is 15.5. The lowest BCUT2D eigenvalue weighted by atomic mass is 9.61. The smallest absolute Gasteiger partial charge is 0.257 e. The Morgan fingerprint density at radius 1 is 1.09 bits per heavy atom. The molecule has 0 bridgehead atoms. The Bertz CT molecular complexity index is 1390. The normalized spacial score (nSPS) is 16.2. The van der Waals surface area contributed by atoms with E-state index in [9.17, 15) is 9.18 Å². The predicted octanol–water partition coefficient (Wildman–Crippen LogP) is 6.38. The molecule has 2 fully saturated rings. The summed E-state index contributed by atoms with van der Waals surface area (Å²) in [5, 5.41) is 3.34. The highest BCUT2D eigenvalue weighted by Crippen LogP contribution is 2.52. The summed E-state index contributed by atoms with van der Waals surface area (Å²) in [6.45, 7) is 17.5. The number of carbonyl (C=O) groups is 1. The molecular formula is C33H45FN6O3. The number of nitrogens with one attached hydrogen (secondary N) is 1. The summed E-state index contributed by atoms with van der Waals surface area (Å²) >= 11 is 0. The van der Waals surface area contributed by atoms with Crippen molar-refractivity contribution >= 4 is 11.7 Å². The number of ether oxygens (including phenoxy) is 2. The molecule has 1 aromatic carbocycles. The number of halogens is 1. The topological polar surface area (TPSA) is 92.7 Å². The average molecular weight is 593 g/mol. The van der Waals surface area contributed by atoms with Crippen LogP contribution in [0.25, 0.3) is 0 Å². The van der Waals surface area contributed by atoms with Gasteiger partial charge >= 0.3 is 0 Å². The van der Waals surface area contributed by atoms with Crippen LogP contribution < -0.4 is 19.7 Å². The fraction of sp³-hybridized carbons (Fsp3) is 0.515. The van der Waals surface area contributed by atoms with E-state index >= 15 is 0 Å². The zero-order chi connectivity index (χ0) is 31.1. The number of rotatable bonds is 8. The highest BCUT2D eigenvalue weighted by Gasteiger charge is 2.54. The molecule has 4 heterocycles. The molecule has 3 aliphatic rings. The van der Waals surface area contributed by atoms with E-state index in [1.54, 1.807) is 11.1 Å². The highest BCUT2D eigenvalue weighted by molar-refractivity contribution is 5.97. The monoisotopic (exact) mass is 592 g/mol. The molecule has 232 valence electrons. The maximum atomic E-state index is 14.2. The molecule has 43 heavy (non-hydrogen) atoms. The van der Waals surface area contributed by atoms with Crippen LogP contribution in [-0.4, -0.2) is 57.5 Å². The van der Waals surface area contributed by atoms with Gasteiger partial charge in [0, 0.05) is 55.9 Å². The zero-order valence-corrected chi connectivity index (χ0v) is 26.5. The minimum Gasteiger partial charge on any atom is -0.490 e. The van der Waals surface area contributed by atoms with Crippen LogP contribution in [0, 0.1) is 11.2 Å². The van der Waals surface area contributed by atoms with Gasteiger partial charge in [-0.05, 0) is 57.9 Å². The number of nitrogens with zero attached hydrogens (tertiary/aromatic N) is 5. The molecule has 3 aromatic rings. The fourth-order valence-electron chi connectivity index (χ4n) is 6.01. The van der Waals surface area contributed by atoms with E-state index in [0.29, 0.717) is 18.1 Å². The van der Waals surface area contributed by atoms with Crippen molar-refractivity contribution in [3.05, 3.63) is 65.6 Å². The summed E-state index contributed by atoms with van der Waals surface area (Å²) in [7, 11) is 0. The molecule has 0 atom stereocenters. The molecular weight excluding hydrogens is 547 g/mol. The minimum atomic E-state index is -0.491. The van der Waals surface area contributed by atoms with Gasteiger partial charge in [-0.1, -0.05) is 27.7 Å². The van der Waals surface area contributed by atoms with Crippen LogP contribution in [-0.2, 0) is 13.1 Å². The summed E-state index contributed by atoms with van der Waals surface area (Å²) < 4.78 is 26.7. The summed E-state index contributed by atoms with van der Waals surface area (Å²) in [6.07, 6.45) is 7.06. The third-order valence-corrected chi connectivity index (χ3v) is 7.94. The van der Waals surface area contributed by atoms with E-state index in [-0.39, 0.29) is 34.8 Å². The number of pyridine rings is 1. The van der Waals surface area contributed by atoms with Crippen LogP contribution in [0.3, 0.4) is 0 Å². The Balaban J connectivity index is 0.00000102. The van der Waals surface area contributed by atoms with Gasteiger partial charge in [-0.2, -0.15) is 0 Å². The molecule has 10 heteroatoms. The Labute approximate surface area is 254 Å². The number of anilines is 1. The standard InChI is InChI=1S/C29H33FN6O3.2C2H6/c1-4-36(18(2)3)28(37)21-9-19(30)5-6-24(21)39-26-14-32-17-34-27(26)35-15-29(16-35)10-20(11-29)38-25-7-8-33-23-13-31-12-22(23)25;2*1-2/h5-9,14,17-18,20,31H,4,10-13,15-16H2,1-3H3;2*1-2H3. The van der Waals surface area contributed by atoms with Gasteiger partial charge in [0.05, 0.1) is 17.5 Å². The number of carbonyl (C=O) groups excluding carboxylic acids is 1. The molecule has 9 nitrogen and oxygen atoms in total. The fourth-order valence-corrected chi connectivity index (χ4v) is 6.01. The molecule has 1 spiro atoms. The van der Waals surface area contributed by atoms with Crippen molar-refractivity contribution in [1.29, 1.82) is 0 Å². The third kappa shape index (κ3) is 6.74. The zero-order valence-electron chi connectivity index (χ0n) is 26.5. The Kier molecular flexibility index (Phi) is 10.6. The van der Waals surface area contributed by atoms with E-state index in [2.05, 4.69) is 25.2 Å². The lowest BCUT2D eigenvalue weighted by Crippen LogP contribution is -2.65. The van der Waals surface area contributed by atoms with E-state index in [1.807, 2.05) is 60.7 Å². The van der Waals surface area contributed by atoms with E-state index < -0.39 is 5.82 Å². The predicted molar refractivity (Wildman–Crippen MR) is 166 cm³/mol. The number of hydrogen-bond donors (Lipinski definition) is 1. The van der Waals surface area contributed by atoms with Crippen LogP contribution >= 0.6 is 0 Å². The Hall–Kier alpha value is -3.79. The van der Waals surface area contributed by atoms with Crippen molar-refractivity contribution in [2.24, 2.45) is 5.41 Å². The number of fused-ring (bicyclic) bond motifs is 1. The SMILES string of the molecule is CC.CC.CCN(C(=O)c1cc(F)ccc1Oc1cncnc1N1CC2(CC(Oc3ccnc4c3CNC4)C2)C1)C(C)C. The molecule has 1 N–H and O–H groups in total. The van der Waals surface area contributed by atoms with Crippen LogP contribution in [0.1, 0.15) is 82.9 Å². The van der Waals surface area contributed by atoms with Crippen molar-refractivity contribution in [1.82, 2.24) is 25.2 Å². The van der Waals surface area contributed by atoms with Gasteiger partial charge < -0.3 is 24.6 Å². The molecule has 1 saturated carbocycles. The van der Waals surface area contributed by atoms with Gasteiger partial charge in [-0.25, -0.2) is 14.4 Å². The van der Waals surface area contributed by atoms with Crippen molar-refractivity contribution in [3.63, 3.8) is 0 Å². The van der Waals surface area contributed by atoms with Gasteiger partial charge in [-0.3, -0.25) is 9.78 Å². The van der Waals surface area contributed by atoms with E-state index in [1.165, 1.54) is 30.1 Å². The van der Waals surface area contributed by atoms with Gasteiger partial charge in [0.15, 0.2) is 11.6 Å². The molecule has 1 amide bonds. The molecule has 1 saturated heterocycles. The minimum absolute atomic E-state index is 0.0297. The van der Waals surface area contributed by atoms with E-state index in [4.69, 9.17) is 9.47 Å².